The van der Waals surface area contributed by atoms with E-state index in [2.05, 4.69) is 14.8 Å². The van der Waals surface area contributed by atoms with E-state index in [1.165, 1.54) is 12.2 Å². The molecule has 2 unspecified atom stereocenters. The van der Waals surface area contributed by atoms with E-state index in [0.717, 1.165) is 43.6 Å². The first-order valence-corrected chi connectivity index (χ1v) is 5.02. The van der Waals surface area contributed by atoms with E-state index in [-0.39, 0.29) is 0 Å². The van der Waals surface area contributed by atoms with Gasteiger partial charge in [0, 0.05) is 18.9 Å². The molecule has 0 saturated heterocycles. The number of hydrogen-bond acceptors (Lipinski definition) is 3. The summed E-state index contributed by atoms with van der Waals surface area (Å²) in [5.74, 6) is 4.02. The van der Waals surface area contributed by atoms with Crippen LogP contribution in [0.5, 0.6) is 0 Å². The van der Waals surface area contributed by atoms with Crippen LogP contribution in [0.2, 0.25) is 0 Å². The predicted octanol–water partition coefficient (Wildman–Crippen LogP) is 0.286. The molecule has 2 heterocycles. The number of nitrogens with two attached hydrogens (primary N) is 1. The molecule has 1 aromatic heterocycles. The Balaban J connectivity index is 1.84. The zero-order valence-electron chi connectivity index (χ0n) is 7.61. The summed E-state index contributed by atoms with van der Waals surface area (Å²) < 4.78 is 2.30. The summed E-state index contributed by atoms with van der Waals surface area (Å²) in [4.78, 5) is 0. The molecule has 0 spiro atoms. The summed E-state index contributed by atoms with van der Waals surface area (Å²) in [5, 5.41) is 8.45. The van der Waals surface area contributed by atoms with Crippen LogP contribution in [0, 0.1) is 5.92 Å². The van der Waals surface area contributed by atoms with Gasteiger partial charge >= 0.3 is 0 Å². The lowest BCUT2D eigenvalue weighted by Crippen LogP contribution is -2.07. The molecule has 0 amide bonds. The maximum Gasteiger partial charge on any atom is 0.136 e. The molecule has 2 N–H and O–H groups in total. The number of aromatic nitrogens is 3. The Labute approximate surface area is 77.1 Å². The molecule has 13 heavy (non-hydrogen) atoms. The second-order valence-electron chi connectivity index (χ2n) is 4.08. The summed E-state index contributed by atoms with van der Waals surface area (Å²) in [5.41, 5.74) is 5.47. The molecule has 0 aromatic carbocycles. The zero-order chi connectivity index (χ0) is 8.84. The largest absolute Gasteiger partial charge is 0.330 e. The van der Waals surface area contributed by atoms with Crippen LogP contribution in [0.1, 0.15) is 30.4 Å². The zero-order valence-corrected chi connectivity index (χ0v) is 7.61. The number of fused-ring (bicyclic) bond motifs is 3. The first kappa shape index (κ1) is 7.50. The maximum atomic E-state index is 5.47. The summed E-state index contributed by atoms with van der Waals surface area (Å²) in [6, 6.07) is 0. The smallest absolute Gasteiger partial charge is 0.136 e. The van der Waals surface area contributed by atoms with E-state index >= 15 is 0 Å². The van der Waals surface area contributed by atoms with Gasteiger partial charge in [-0.15, -0.1) is 10.2 Å². The molecule has 1 fully saturated rings. The van der Waals surface area contributed by atoms with Crippen molar-refractivity contribution in [3.05, 3.63) is 11.6 Å². The van der Waals surface area contributed by atoms with Gasteiger partial charge < -0.3 is 10.3 Å². The van der Waals surface area contributed by atoms with Crippen LogP contribution in [0.25, 0.3) is 0 Å². The molecule has 1 aliphatic heterocycles. The lowest BCUT2D eigenvalue weighted by atomic mass is 10.3. The molecule has 3 rings (SSSR count). The van der Waals surface area contributed by atoms with Gasteiger partial charge in [-0.2, -0.15) is 0 Å². The summed E-state index contributed by atoms with van der Waals surface area (Å²) in [7, 11) is 0. The molecule has 1 aromatic rings. The minimum absolute atomic E-state index is 0.745. The molecule has 4 nitrogen and oxygen atoms in total. The second kappa shape index (κ2) is 2.54. The van der Waals surface area contributed by atoms with Crippen molar-refractivity contribution >= 4 is 0 Å². The van der Waals surface area contributed by atoms with E-state index in [1.54, 1.807) is 0 Å². The third-order valence-corrected chi connectivity index (χ3v) is 3.13. The van der Waals surface area contributed by atoms with Crippen molar-refractivity contribution in [2.24, 2.45) is 11.7 Å². The first-order valence-electron chi connectivity index (χ1n) is 5.02. The highest BCUT2D eigenvalue weighted by Gasteiger charge is 2.48. The van der Waals surface area contributed by atoms with Gasteiger partial charge in [-0.25, -0.2) is 0 Å². The standard InChI is InChI=1S/C9H14N4/c10-3-1-2-8-11-12-9-7-4-6(7)5-13(8)9/h6-7H,1-5,10H2. The third-order valence-electron chi connectivity index (χ3n) is 3.13. The van der Waals surface area contributed by atoms with Crippen LogP contribution in [0.4, 0.5) is 0 Å². The maximum absolute atomic E-state index is 5.47. The fourth-order valence-electron chi connectivity index (χ4n) is 2.27. The van der Waals surface area contributed by atoms with E-state index in [9.17, 15) is 0 Å². The van der Waals surface area contributed by atoms with Crippen molar-refractivity contribution in [1.29, 1.82) is 0 Å². The normalized spacial score (nSPS) is 28.7. The van der Waals surface area contributed by atoms with Crippen molar-refractivity contribution in [2.45, 2.75) is 31.7 Å². The highest BCUT2D eigenvalue weighted by molar-refractivity contribution is 5.18. The summed E-state index contributed by atoms with van der Waals surface area (Å²) >= 11 is 0. The van der Waals surface area contributed by atoms with E-state index in [0.29, 0.717) is 0 Å². The highest BCUT2D eigenvalue weighted by atomic mass is 15.3. The molecule has 2 atom stereocenters. The molecule has 0 bridgehead atoms. The molecule has 1 aliphatic carbocycles. The molecular formula is C9H14N4. The van der Waals surface area contributed by atoms with Gasteiger partial charge in [0.1, 0.15) is 11.6 Å². The quantitative estimate of drug-likeness (QED) is 0.723. The van der Waals surface area contributed by atoms with Gasteiger partial charge in [0.05, 0.1) is 0 Å². The molecule has 4 heteroatoms. The highest BCUT2D eigenvalue weighted by Crippen LogP contribution is 2.52. The Kier molecular flexibility index (Phi) is 1.47. The van der Waals surface area contributed by atoms with Crippen molar-refractivity contribution < 1.29 is 0 Å². The fourth-order valence-corrected chi connectivity index (χ4v) is 2.27. The van der Waals surface area contributed by atoms with Crippen LogP contribution in [0.15, 0.2) is 0 Å². The van der Waals surface area contributed by atoms with Gasteiger partial charge in [0.25, 0.3) is 0 Å². The van der Waals surface area contributed by atoms with Crippen LogP contribution < -0.4 is 5.73 Å². The molecule has 0 radical (unpaired) electrons. The Morgan fingerprint density at radius 3 is 3.23 bits per heavy atom. The van der Waals surface area contributed by atoms with Crippen LogP contribution >= 0.6 is 0 Å². The average molecular weight is 178 g/mol. The van der Waals surface area contributed by atoms with E-state index in [4.69, 9.17) is 5.73 Å². The molecule has 1 saturated carbocycles. The second-order valence-corrected chi connectivity index (χ2v) is 4.08. The predicted molar refractivity (Wildman–Crippen MR) is 48.2 cm³/mol. The topological polar surface area (TPSA) is 56.7 Å². The summed E-state index contributed by atoms with van der Waals surface area (Å²) in [6.07, 6.45) is 3.35. The third kappa shape index (κ3) is 1.01. The molecule has 70 valence electrons. The van der Waals surface area contributed by atoms with Crippen molar-refractivity contribution in [1.82, 2.24) is 14.8 Å². The summed E-state index contributed by atoms with van der Waals surface area (Å²) in [6.45, 7) is 1.90. The van der Waals surface area contributed by atoms with Crippen molar-refractivity contribution in [2.75, 3.05) is 6.54 Å². The van der Waals surface area contributed by atoms with Gasteiger partial charge in [0.15, 0.2) is 0 Å². The van der Waals surface area contributed by atoms with E-state index < -0.39 is 0 Å². The lowest BCUT2D eigenvalue weighted by Gasteiger charge is -2.03. The SMILES string of the molecule is NCCCc1nnc2n1CC1CC21. The van der Waals surface area contributed by atoms with Gasteiger partial charge in [-0.05, 0) is 25.3 Å². The van der Waals surface area contributed by atoms with Gasteiger partial charge in [0.2, 0.25) is 0 Å². The Bertz CT molecular complexity index is 330. The Morgan fingerprint density at radius 2 is 2.38 bits per heavy atom. The van der Waals surface area contributed by atoms with Gasteiger partial charge in [-0.3, -0.25) is 0 Å². The monoisotopic (exact) mass is 178 g/mol. The van der Waals surface area contributed by atoms with Gasteiger partial charge in [-0.1, -0.05) is 0 Å². The van der Waals surface area contributed by atoms with Crippen LogP contribution in [-0.2, 0) is 13.0 Å². The number of nitrogens with zero attached hydrogens (tertiary/aromatic N) is 3. The average Bonchev–Trinajstić information content (AvgIpc) is 2.65. The molecular weight excluding hydrogens is 164 g/mol. The minimum Gasteiger partial charge on any atom is -0.330 e. The van der Waals surface area contributed by atoms with Crippen LogP contribution in [0.3, 0.4) is 0 Å². The fraction of sp³-hybridized carbons (Fsp3) is 0.778. The van der Waals surface area contributed by atoms with Crippen molar-refractivity contribution in [3.63, 3.8) is 0 Å². The van der Waals surface area contributed by atoms with Crippen LogP contribution in [-0.4, -0.2) is 21.3 Å². The first-order chi connectivity index (χ1) is 6.40. The Hall–Kier alpha value is -0.900. The number of rotatable bonds is 3. The lowest BCUT2D eigenvalue weighted by molar-refractivity contribution is 0.618. The van der Waals surface area contributed by atoms with E-state index in [1.807, 2.05) is 0 Å². The number of hydrogen-bond donors (Lipinski definition) is 1. The number of aryl methyl sites for hydroxylation is 1. The molecule has 2 aliphatic rings. The van der Waals surface area contributed by atoms with Crippen molar-refractivity contribution in [3.8, 4) is 0 Å². The Morgan fingerprint density at radius 1 is 1.46 bits per heavy atom. The minimum atomic E-state index is 0.745.